The van der Waals surface area contributed by atoms with Crippen LogP contribution in [0.25, 0.3) is 0 Å². The lowest BCUT2D eigenvalue weighted by atomic mass is 9.89. The van der Waals surface area contributed by atoms with Gasteiger partial charge in [-0.2, -0.15) is 0 Å². The Bertz CT molecular complexity index is 320. The maximum atomic E-state index is 10.4. The predicted octanol–water partition coefficient (Wildman–Crippen LogP) is 3.06. The van der Waals surface area contributed by atoms with E-state index >= 15 is 0 Å². The summed E-state index contributed by atoms with van der Waals surface area (Å²) in [4.78, 5) is 11.5. The fourth-order valence-electron chi connectivity index (χ4n) is 1.14. The molecule has 0 aliphatic heterocycles. The van der Waals surface area contributed by atoms with Gasteiger partial charge in [-0.1, -0.05) is 20.8 Å². The molecule has 0 atom stereocenters. The maximum absolute atomic E-state index is 10.4. The predicted molar refractivity (Wildman–Crippen MR) is 59.0 cm³/mol. The molecule has 1 aromatic rings. The number of carboxylic acid groups (broad SMARTS) is 1. The molecule has 0 aromatic carbocycles. The molecule has 0 radical (unpaired) electrons. The Balaban J connectivity index is 2.64. The minimum absolute atomic E-state index is 0.165. The first-order valence-corrected chi connectivity index (χ1v) is 5.57. The molecular weight excluding hydrogens is 196 g/mol. The first-order valence-electron chi connectivity index (χ1n) is 4.69. The van der Waals surface area contributed by atoms with Crippen LogP contribution in [0.4, 0.5) is 0 Å². The van der Waals surface area contributed by atoms with Gasteiger partial charge in [-0.15, -0.1) is 11.3 Å². The molecule has 0 fully saturated rings. The lowest BCUT2D eigenvalue weighted by Gasteiger charge is -2.15. The van der Waals surface area contributed by atoms with Gasteiger partial charge in [-0.05, 0) is 28.8 Å². The van der Waals surface area contributed by atoms with Crippen LogP contribution in [0.5, 0.6) is 0 Å². The van der Waals surface area contributed by atoms with Crippen LogP contribution in [0.2, 0.25) is 0 Å². The van der Waals surface area contributed by atoms with Gasteiger partial charge >= 0.3 is 5.97 Å². The molecule has 0 aliphatic rings. The second-order valence-electron chi connectivity index (χ2n) is 4.45. The SMILES string of the molecule is CC(C)(C)c1csc(CCC(=O)O)c1. The standard InChI is InChI=1S/C11H16O2S/c1-11(2,3)8-6-9(14-7-8)4-5-10(12)13/h6-7H,4-5H2,1-3H3,(H,12,13). The Morgan fingerprint density at radius 3 is 2.57 bits per heavy atom. The van der Waals surface area contributed by atoms with Crippen molar-refractivity contribution in [2.45, 2.75) is 39.0 Å². The van der Waals surface area contributed by atoms with Gasteiger partial charge in [-0.25, -0.2) is 0 Å². The average molecular weight is 212 g/mol. The highest BCUT2D eigenvalue weighted by Crippen LogP contribution is 2.27. The zero-order valence-corrected chi connectivity index (χ0v) is 9.65. The van der Waals surface area contributed by atoms with Gasteiger partial charge in [0.05, 0.1) is 6.42 Å². The summed E-state index contributed by atoms with van der Waals surface area (Å²) in [6, 6.07) is 2.12. The Labute approximate surface area is 88.6 Å². The largest absolute Gasteiger partial charge is 0.481 e. The van der Waals surface area contributed by atoms with E-state index in [0.717, 1.165) is 4.88 Å². The summed E-state index contributed by atoms with van der Waals surface area (Å²) < 4.78 is 0. The Hall–Kier alpha value is -0.830. The first kappa shape index (κ1) is 11.2. The highest BCUT2D eigenvalue weighted by molar-refractivity contribution is 7.10. The summed E-state index contributed by atoms with van der Waals surface area (Å²) >= 11 is 1.66. The molecule has 1 aromatic heterocycles. The molecule has 0 bridgehead atoms. The monoisotopic (exact) mass is 212 g/mol. The van der Waals surface area contributed by atoms with Crippen LogP contribution in [-0.4, -0.2) is 11.1 Å². The van der Waals surface area contributed by atoms with Crippen molar-refractivity contribution in [3.8, 4) is 0 Å². The van der Waals surface area contributed by atoms with Crippen LogP contribution in [0.3, 0.4) is 0 Å². The lowest BCUT2D eigenvalue weighted by molar-refractivity contribution is -0.136. The molecular formula is C11H16O2S. The quantitative estimate of drug-likeness (QED) is 0.836. The molecule has 1 rings (SSSR count). The van der Waals surface area contributed by atoms with Crippen molar-refractivity contribution >= 4 is 17.3 Å². The Kier molecular flexibility index (Phi) is 3.32. The van der Waals surface area contributed by atoms with E-state index < -0.39 is 5.97 Å². The van der Waals surface area contributed by atoms with Crippen molar-refractivity contribution in [3.63, 3.8) is 0 Å². The molecule has 1 heterocycles. The lowest BCUT2D eigenvalue weighted by Crippen LogP contribution is -2.09. The summed E-state index contributed by atoms with van der Waals surface area (Å²) in [6.07, 6.45) is 0.875. The molecule has 0 saturated heterocycles. The number of carbonyl (C=O) groups is 1. The third kappa shape index (κ3) is 3.14. The van der Waals surface area contributed by atoms with Crippen molar-refractivity contribution in [2.75, 3.05) is 0 Å². The zero-order valence-electron chi connectivity index (χ0n) is 8.83. The molecule has 1 N–H and O–H groups in total. The zero-order chi connectivity index (χ0) is 10.8. The number of carboxylic acids is 1. The van der Waals surface area contributed by atoms with Gasteiger partial charge < -0.3 is 5.11 Å². The minimum Gasteiger partial charge on any atom is -0.481 e. The number of hydrogen-bond donors (Lipinski definition) is 1. The molecule has 0 amide bonds. The van der Waals surface area contributed by atoms with Crippen molar-refractivity contribution in [2.24, 2.45) is 0 Å². The van der Waals surface area contributed by atoms with Gasteiger partial charge in [0.15, 0.2) is 0 Å². The number of thiophene rings is 1. The van der Waals surface area contributed by atoms with E-state index in [4.69, 9.17) is 5.11 Å². The third-order valence-corrected chi connectivity index (χ3v) is 3.10. The van der Waals surface area contributed by atoms with Gasteiger partial charge in [0.25, 0.3) is 0 Å². The average Bonchev–Trinajstić information content (AvgIpc) is 2.47. The maximum Gasteiger partial charge on any atom is 0.303 e. The van der Waals surface area contributed by atoms with Crippen molar-refractivity contribution < 1.29 is 9.90 Å². The van der Waals surface area contributed by atoms with Crippen LogP contribution >= 0.6 is 11.3 Å². The fourth-order valence-corrected chi connectivity index (χ4v) is 2.25. The van der Waals surface area contributed by atoms with Crippen molar-refractivity contribution in [1.82, 2.24) is 0 Å². The highest BCUT2D eigenvalue weighted by Gasteiger charge is 2.15. The van der Waals surface area contributed by atoms with Crippen molar-refractivity contribution in [3.05, 3.63) is 21.9 Å². The molecule has 2 nitrogen and oxygen atoms in total. The number of aryl methyl sites for hydroxylation is 1. The Morgan fingerprint density at radius 2 is 2.14 bits per heavy atom. The van der Waals surface area contributed by atoms with Crippen LogP contribution in [0.15, 0.2) is 11.4 Å². The molecule has 0 spiro atoms. The number of rotatable bonds is 3. The minimum atomic E-state index is -0.726. The van der Waals surface area contributed by atoms with Crippen LogP contribution in [0, 0.1) is 0 Å². The molecule has 3 heteroatoms. The smallest absolute Gasteiger partial charge is 0.303 e. The van der Waals surface area contributed by atoms with Crippen LogP contribution in [0.1, 0.15) is 37.6 Å². The topological polar surface area (TPSA) is 37.3 Å². The molecule has 78 valence electrons. The van der Waals surface area contributed by atoms with Gasteiger partial charge in [0, 0.05) is 4.88 Å². The van der Waals surface area contributed by atoms with E-state index in [1.54, 1.807) is 11.3 Å². The summed E-state index contributed by atoms with van der Waals surface area (Å²) in [7, 11) is 0. The third-order valence-electron chi connectivity index (χ3n) is 2.11. The second-order valence-corrected chi connectivity index (χ2v) is 5.44. The highest BCUT2D eigenvalue weighted by atomic mass is 32.1. The molecule has 0 aliphatic carbocycles. The molecule has 14 heavy (non-hydrogen) atoms. The molecule has 0 unspecified atom stereocenters. The van der Waals surface area contributed by atoms with Gasteiger partial charge in [0.2, 0.25) is 0 Å². The van der Waals surface area contributed by atoms with E-state index in [0.29, 0.717) is 6.42 Å². The summed E-state index contributed by atoms with van der Waals surface area (Å²) in [5, 5.41) is 10.7. The van der Waals surface area contributed by atoms with Crippen molar-refractivity contribution in [1.29, 1.82) is 0 Å². The van der Waals surface area contributed by atoms with Crippen LogP contribution < -0.4 is 0 Å². The number of hydrogen-bond acceptors (Lipinski definition) is 2. The van der Waals surface area contributed by atoms with Gasteiger partial charge in [-0.3, -0.25) is 4.79 Å². The first-order chi connectivity index (χ1) is 6.39. The van der Waals surface area contributed by atoms with E-state index in [-0.39, 0.29) is 11.8 Å². The van der Waals surface area contributed by atoms with Crippen LogP contribution in [-0.2, 0) is 16.6 Å². The normalized spacial score (nSPS) is 11.6. The second kappa shape index (κ2) is 4.13. The molecule has 0 saturated carbocycles. The van der Waals surface area contributed by atoms with E-state index in [9.17, 15) is 4.79 Å². The number of aliphatic carboxylic acids is 1. The summed E-state index contributed by atoms with van der Waals surface area (Å²) in [5.41, 5.74) is 1.46. The summed E-state index contributed by atoms with van der Waals surface area (Å²) in [5.74, 6) is -0.726. The van der Waals surface area contributed by atoms with E-state index in [1.807, 2.05) is 0 Å². The fraction of sp³-hybridized carbons (Fsp3) is 0.545. The summed E-state index contributed by atoms with van der Waals surface area (Å²) in [6.45, 7) is 6.49. The van der Waals surface area contributed by atoms with E-state index in [2.05, 4.69) is 32.2 Å². The Morgan fingerprint density at radius 1 is 1.50 bits per heavy atom. The van der Waals surface area contributed by atoms with E-state index in [1.165, 1.54) is 5.56 Å². The van der Waals surface area contributed by atoms with Gasteiger partial charge in [0.1, 0.15) is 0 Å².